The lowest BCUT2D eigenvalue weighted by molar-refractivity contribution is -0.114. The Bertz CT molecular complexity index is 1260. The monoisotopic (exact) mass is 465 g/mol. The van der Waals surface area contributed by atoms with Crippen LogP contribution in [0.1, 0.15) is 39.4 Å². The molecule has 0 aliphatic heterocycles. The van der Waals surface area contributed by atoms with Gasteiger partial charge < -0.3 is 15.2 Å². The summed E-state index contributed by atoms with van der Waals surface area (Å²) in [5, 5.41) is 14.3. The van der Waals surface area contributed by atoms with Gasteiger partial charge in [0, 0.05) is 37.1 Å². The number of anilines is 2. The molecule has 172 valence electrons. The minimum absolute atomic E-state index is 0.122. The molecule has 0 bridgehead atoms. The molecule has 0 fully saturated rings. The summed E-state index contributed by atoms with van der Waals surface area (Å²) in [6.45, 7) is 8.93. The Balaban J connectivity index is 1.32. The maximum Gasteiger partial charge on any atom is 0.232 e. The molecule has 0 atom stereocenters. The van der Waals surface area contributed by atoms with Crippen molar-refractivity contribution in [3.63, 3.8) is 0 Å². The molecule has 3 aromatic heterocycles. The van der Waals surface area contributed by atoms with Crippen LogP contribution < -0.4 is 16.0 Å². The predicted molar refractivity (Wildman–Crippen MR) is 130 cm³/mol. The number of rotatable bonds is 8. The van der Waals surface area contributed by atoms with Crippen molar-refractivity contribution in [1.82, 2.24) is 25.4 Å². The SMILES string of the molecule is CC(=O)Nc1cncc(-c2ccc3nc(NCNCCc4noc(C(C)(C)C)n4)sc3c2)c1. The van der Waals surface area contributed by atoms with Gasteiger partial charge in [-0.25, -0.2) is 4.98 Å². The summed E-state index contributed by atoms with van der Waals surface area (Å²) in [6.07, 6.45) is 4.11. The highest BCUT2D eigenvalue weighted by molar-refractivity contribution is 7.22. The Kier molecular flexibility index (Phi) is 6.66. The van der Waals surface area contributed by atoms with Gasteiger partial charge >= 0.3 is 0 Å². The Hall–Kier alpha value is -3.37. The van der Waals surface area contributed by atoms with E-state index in [4.69, 9.17) is 4.52 Å². The number of nitrogens with one attached hydrogen (secondary N) is 3. The molecular weight excluding hydrogens is 438 g/mol. The largest absolute Gasteiger partial charge is 0.349 e. The average Bonchev–Trinajstić information content (AvgIpc) is 3.39. The number of amides is 1. The second-order valence-corrected chi connectivity index (χ2v) is 9.74. The van der Waals surface area contributed by atoms with E-state index in [-0.39, 0.29) is 11.3 Å². The summed E-state index contributed by atoms with van der Waals surface area (Å²) in [6, 6.07) is 8.00. The third-order valence-electron chi connectivity index (χ3n) is 4.78. The lowest BCUT2D eigenvalue weighted by atomic mass is 9.97. The molecule has 33 heavy (non-hydrogen) atoms. The molecule has 3 heterocycles. The Morgan fingerprint density at radius 2 is 1.97 bits per heavy atom. The number of hydrogen-bond donors (Lipinski definition) is 3. The average molecular weight is 466 g/mol. The Morgan fingerprint density at radius 3 is 2.73 bits per heavy atom. The molecular formula is C23H27N7O2S. The highest BCUT2D eigenvalue weighted by Crippen LogP contribution is 2.31. The van der Waals surface area contributed by atoms with Crippen LogP contribution in [0.15, 0.2) is 41.2 Å². The standard InChI is InChI=1S/C23H27N7O2S/c1-14(31)27-17-9-16(11-25-12-17)15-5-6-18-19(10-15)33-22(28-18)26-13-24-8-7-20-29-21(32-30-20)23(2,3)4/h5-6,9-12,24H,7-8,13H2,1-4H3,(H,26,28)(H,27,31). The van der Waals surface area contributed by atoms with E-state index in [1.54, 1.807) is 23.7 Å². The zero-order chi connectivity index (χ0) is 23.4. The summed E-state index contributed by atoms with van der Waals surface area (Å²) < 4.78 is 6.39. The zero-order valence-corrected chi connectivity index (χ0v) is 19.9. The fraction of sp³-hybridized carbons (Fsp3) is 0.348. The molecule has 0 spiro atoms. The van der Waals surface area contributed by atoms with Gasteiger partial charge in [0.2, 0.25) is 11.8 Å². The van der Waals surface area contributed by atoms with Gasteiger partial charge in [-0.1, -0.05) is 43.3 Å². The topological polar surface area (TPSA) is 118 Å². The summed E-state index contributed by atoms with van der Waals surface area (Å²) in [7, 11) is 0. The van der Waals surface area contributed by atoms with Crippen LogP contribution in [-0.2, 0) is 16.6 Å². The number of benzene rings is 1. The second-order valence-electron chi connectivity index (χ2n) is 8.71. The fourth-order valence-corrected chi connectivity index (χ4v) is 4.04. The predicted octanol–water partition coefficient (Wildman–Crippen LogP) is 4.20. The Labute approximate surface area is 196 Å². The van der Waals surface area contributed by atoms with Gasteiger partial charge in [-0.3, -0.25) is 15.1 Å². The first-order chi connectivity index (χ1) is 15.8. The maximum atomic E-state index is 11.3. The first kappa shape index (κ1) is 22.8. The minimum Gasteiger partial charge on any atom is -0.349 e. The van der Waals surface area contributed by atoms with Gasteiger partial charge in [0.05, 0.1) is 28.8 Å². The number of thiazole rings is 1. The van der Waals surface area contributed by atoms with Crippen LogP contribution in [0.5, 0.6) is 0 Å². The highest BCUT2D eigenvalue weighted by atomic mass is 32.1. The molecule has 0 aliphatic rings. The summed E-state index contributed by atoms with van der Waals surface area (Å²) in [4.78, 5) is 24.6. The van der Waals surface area contributed by atoms with Gasteiger partial charge in [-0.15, -0.1) is 0 Å². The quantitative estimate of drug-likeness (QED) is 0.262. The molecule has 4 rings (SSSR count). The third-order valence-corrected chi connectivity index (χ3v) is 5.76. The number of fused-ring (bicyclic) bond motifs is 1. The van der Waals surface area contributed by atoms with E-state index < -0.39 is 0 Å². The molecule has 0 saturated heterocycles. The van der Waals surface area contributed by atoms with E-state index in [1.165, 1.54) is 6.92 Å². The van der Waals surface area contributed by atoms with Crippen LogP contribution in [0.2, 0.25) is 0 Å². The highest BCUT2D eigenvalue weighted by Gasteiger charge is 2.21. The Morgan fingerprint density at radius 1 is 1.12 bits per heavy atom. The lowest BCUT2D eigenvalue weighted by Crippen LogP contribution is -2.24. The van der Waals surface area contributed by atoms with E-state index in [2.05, 4.69) is 42.1 Å². The molecule has 0 unspecified atom stereocenters. The van der Waals surface area contributed by atoms with Crippen molar-refractivity contribution in [3.05, 3.63) is 48.4 Å². The van der Waals surface area contributed by atoms with Gasteiger partial charge in [0.25, 0.3) is 0 Å². The van der Waals surface area contributed by atoms with Gasteiger partial charge in [0.1, 0.15) is 0 Å². The zero-order valence-electron chi connectivity index (χ0n) is 19.1. The lowest BCUT2D eigenvalue weighted by Gasteiger charge is -2.10. The van der Waals surface area contributed by atoms with Gasteiger partial charge in [0.15, 0.2) is 11.0 Å². The first-order valence-electron chi connectivity index (χ1n) is 10.7. The van der Waals surface area contributed by atoms with E-state index in [9.17, 15) is 4.79 Å². The fourth-order valence-electron chi connectivity index (χ4n) is 3.14. The summed E-state index contributed by atoms with van der Waals surface area (Å²) >= 11 is 1.59. The van der Waals surface area contributed by atoms with Gasteiger partial charge in [-0.2, -0.15) is 4.98 Å². The number of pyridine rings is 1. The number of carbonyl (C=O) groups is 1. The summed E-state index contributed by atoms with van der Waals surface area (Å²) in [5.41, 5.74) is 3.42. The van der Waals surface area contributed by atoms with Crippen molar-refractivity contribution in [2.45, 2.75) is 39.5 Å². The molecule has 10 heteroatoms. The molecule has 4 aromatic rings. The maximum absolute atomic E-state index is 11.3. The molecule has 1 amide bonds. The van der Waals surface area contributed by atoms with E-state index in [1.807, 2.05) is 39.0 Å². The molecule has 0 aliphatic carbocycles. The van der Waals surface area contributed by atoms with Crippen LogP contribution in [0.3, 0.4) is 0 Å². The van der Waals surface area contributed by atoms with Gasteiger partial charge in [-0.05, 0) is 23.8 Å². The van der Waals surface area contributed by atoms with Crippen molar-refractivity contribution in [3.8, 4) is 11.1 Å². The van der Waals surface area contributed by atoms with Crippen molar-refractivity contribution >= 4 is 38.3 Å². The molecule has 0 radical (unpaired) electrons. The smallest absolute Gasteiger partial charge is 0.232 e. The number of carbonyl (C=O) groups excluding carboxylic acids is 1. The minimum atomic E-state index is -0.141. The normalized spacial score (nSPS) is 11.6. The van der Waals surface area contributed by atoms with E-state index >= 15 is 0 Å². The van der Waals surface area contributed by atoms with Crippen molar-refractivity contribution in [1.29, 1.82) is 0 Å². The molecule has 0 saturated carbocycles. The van der Waals surface area contributed by atoms with E-state index in [0.29, 0.717) is 30.5 Å². The second kappa shape index (κ2) is 9.63. The number of hydrogen-bond acceptors (Lipinski definition) is 9. The number of nitrogens with zero attached hydrogens (tertiary/aromatic N) is 4. The van der Waals surface area contributed by atoms with Crippen LogP contribution in [0.4, 0.5) is 10.8 Å². The molecule has 1 aromatic carbocycles. The third kappa shape index (κ3) is 5.91. The number of aromatic nitrogens is 4. The van der Waals surface area contributed by atoms with Crippen LogP contribution in [0.25, 0.3) is 21.3 Å². The van der Waals surface area contributed by atoms with Crippen LogP contribution in [0, 0.1) is 0 Å². The molecule has 3 N–H and O–H groups in total. The van der Waals surface area contributed by atoms with Crippen LogP contribution >= 0.6 is 11.3 Å². The van der Waals surface area contributed by atoms with E-state index in [0.717, 1.165) is 33.0 Å². The first-order valence-corrected chi connectivity index (χ1v) is 11.5. The van der Waals surface area contributed by atoms with Crippen molar-refractivity contribution in [2.24, 2.45) is 0 Å². The summed E-state index contributed by atoms with van der Waals surface area (Å²) in [5.74, 6) is 1.24. The van der Waals surface area contributed by atoms with Crippen molar-refractivity contribution < 1.29 is 9.32 Å². The van der Waals surface area contributed by atoms with Crippen molar-refractivity contribution in [2.75, 3.05) is 23.8 Å². The van der Waals surface area contributed by atoms with Crippen LogP contribution in [-0.4, -0.2) is 39.2 Å². The molecule has 9 nitrogen and oxygen atoms in total.